The van der Waals surface area contributed by atoms with E-state index in [4.69, 9.17) is 25.8 Å². The average molecular weight is 348 g/mol. The molecule has 1 N–H and O–H groups in total. The zero-order valence-electron chi connectivity index (χ0n) is 13.6. The third-order valence-electron chi connectivity index (χ3n) is 3.84. The average Bonchev–Trinajstić information content (AvgIpc) is 2.57. The number of anilines is 1. The van der Waals surface area contributed by atoms with Gasteiger partial charge in [-0.25, -0.2) is 0 Å². The highest BCUT2D eigenvalue weighted by molar-refractivity contribution is 6.31. The molecule has 3 rings (SSSR count). The molecule has 24 heavy (non-hydrogen) atoms. The maximum atomic E-state index is 12.6. The van der Waals surface area contributed by atoms with Crippen LogP contribution in [0.5, 0.6) is 17.2 Å². The van der Waals surface area contributed by atoms with Gasteiger partial charge in [0.05, 0.1) is 12.8 Å². The number of nitrogens with one attached hydrogen (secondary N) is 1. The van der Waals surface area contributed by atoms with E-state index >= 15 is 0 Å². The Hall–Kier alpha value is -2.40. The van der Waals surface area contributed by atoms with Crippen LogP contribution in [0.15, 0.2) is 36.4 Å². The Labute approximate surface area is 145 Å². The molecule has 1 amide bonds. The molecule has 6 heteroatoms. The van der Waals surface area contributed by atoms with E-state index in [2.05, 4.69) is 5.32 Å². The Bertz CT molecular complexity index is 778. The number of amides is 1. The largest absolute Gasteiger partial charge is 0.495 e. The van der Waals surface area contributed by atoms with Crippen molar-refractivity contribution in [2.45, 2.75) is 26.1 Å². The quantitative estimate of drug-likeness (QED) is 0.917. The SMILES string of the molecule is COc1cc(Cl)c(C)cc1NC(=O)C1Oc2ccccc2OC1C. The highest BCUT2D eigenvalue weighted by Gasteiger charge is 2.34. The standard InChI is InChI=1S/C18H18ClNO4/c1-10-8-13(16(22-3)9-12(10)19)20-18(21)17-11(2)23-14-6-4-5-7-15(14)24-17/h4-9,11,17H,1-3H3,(H,20,21). The molecular formula is C18H18ClNO4. The minimum atomic E-state index is -0.763. The predicted molar refractivity (Wildman–Crippen MR) is 92.3 cm³/mol. The zero-order valence-corrected chi connectivity index (χ0v) is 14.4. The van der Waals surface area contributed by atoms with Crippen molar-refractivity contribution in [3.63, 3.8) is 0 Å². The number of para-hydroxylation sites is 2. The van der Waals surface area contributed by atoms with Gasteiger partial charge in [-0.3, -0.25) is 4.79 Å². The van der Waals surface area contributed by atoms with Crippen LogP contribution < -0.4 is 19.5 Å². The number of rotatable bonds is 3. The van der Waals surface area contributed by atoms with E-state index in [1.165, 1.54) is 7.11 Å². The van der Waals surface area contributed by atoms with Gasteiger partial charge in [-0.1, -0.05) is 23.7 Å². The highest BCUT2D eigenvalue weighted by Crippen LogP contribution is 2.35. The van der Waals surface area contributed by atoms with Crippen LogP contribution in [0.1, 0.15) is 12.5 Å². The summed E-state index contributed by atoms with van der Waals surface area (Å²) in [7, 11) is 1.52. The second kappa shape index (κ2) is 6.61. The maximum Gasteiger partial charge on any atom is 0.269 e. The van der Waals surface area contributed by atoms with Gasteiger partial charge in [0.15, 0.2) is 11.5 Å². The molecule has 2 unspecified atom stereocenters. The Morgan fingerprint density at radius 2 is 1.88 bits per heavy atom. The number of fused-ring (bicyclic) bond motifs is 1. The van der Waals surface area contributed by atoms with E-state index in [9.17, 15) is 4.79 Å². The smallest absolute Gasteiger partial charge is 0.269 e. The summed E-state index contributed by atoms with van der Waals surface area (Å²) in [4.78, 5) is 12.6. The number of hydrogen-bond acceptors (Lipinski definition) is 4. The topological polar surface area (TPSA) is 56.8 Å². The van der Waals surface area contributed by atoms with E-state index in [0.29, 0.717) is 28.0 Å². The van der Waals surface area contributed by atoms with Crippen molar-refractivity contribution in [2.24, 2.45) is 0 Å². The highest BCUT2D eigenvalue weighted by atomic mass is 35.5. The number of hydrogen-bond donors (Lipinski definition) is 1. The molecule has 0 saturated heterocycles. The molecule has 0 bridgehead atoms. The summed E-state index contributed by atoms with van der Waals surface area (Å²) < 4.78 is 16.8. The molecule has 2 atom stereocenters. The third-order valence-corrected chi connectivity index (χ3v) is 4.25. The summed E-state index contributed by atoms with van der Waals surface area (Å²) in [6.45, 7) is 3.65. The minimum absolute atomic E-state index is 0.308. The van der Waals surface area contributed by atoms with Gasteiger partial charge in [-0.15, -0.1) is 0 Å². The summed E-state index contributed by atoms with van der Waals surface area (Å²) in [6, 6.07) is 10.7. The molecule has 0 radical (unpaired) electrons. The van der Waals surface area contributed by atoms with Gasteiger partial charge in [-0.05, 0) is 37.6 Å². The number of carbonyl (C=O) groups excluding carboxylic acids is 1. The molecule has 0 fully saturated rings. The lowest BCUT2D eigenvalue weighted by atomic mass is 10.1. The van der Waals surface area contributed by atoms with Crippen molar-refractivity contribution < 1.29 is 19.0 Å². The van der Waals surface area contributed by atoms with Crippen molar-refractivity contribution in [3.05, 3.63) is 47.0 Å². The van der Waals surface area contributed by atoms with Gasteiger partial charge >= 0.3 is 0 Å². The van der Waals surface area contributed by atoms with E-state index < -0.39 is 12.2 Å². The van der Waals surface area contributed by atoms with Crippen molar-refractivity contribution >= 4 is 23.2 Å². The van der Waals surface area contributed by atoms with Gasteiger partial charge in [0.2, 0.25) is 6.10 Å². The van der Waals surface area contributed by atoms with Crippen LogP contribution >= 0.6 is 11.6 Å². The van der Waals surface area contributed by atoms with Gasteiger partial charge in [0, 0.05) is 11.1 Å². The van der Waals surface area contributed by atoms with Crippen LogP contribution in [0, 0.1) is 6.92 Å². The van der Waals surface area contributed by atoms with Gasteiger partial charge < -0.3 is 19.5 Å². The molecule has 0 aromatic heterocycles. The second-order valence-corrected chi connectivity index (χ2v) is 6.01. The van der Waals surface area contributed by atoms with E-state index in [0.717, 1.165) is 5.56 Å². The first kappa shape index (κ1) is 16.5. The van der Waals surface area contributed by atoms with E-state index in [-0.39, 0.29) is 5.91 Å². The van der Waals surface area contributed by atoms with Crippen molar-refractivity contribution in [3.8, 4) is 17.2 Å². The molecular weight excluding hydrogens is 330 g/mol. The summed E-state index contributed by atoms with van der Waals surface area (Å²) in [5.74, 6) is 1.37. The fraction of sp³-hybridized carbons (Fsp3) is 0.278. The van der Waals surface area contributed by atoms with Crippen LogP contribution in [0.2, 0.25) is 5.02 Å². The van der Waals surface area contributed by atoms with Crippen molar-refractivity contribution in [2.75, 3.05) is 12.4 Å². The number of benzene rings is 2. The molecule has 1 heterocycles. The third kappa shape index (κ3) is 3.12. The molecule has 2 aromatic carbocycles. The van der Waals surface area contributed by atoms with Crippen LogP contribution in [0.3, 0.4) is 0 Å². The number of ether oxygens (including phenoxy) is 3. The summed E-state index contributed by atoms with van der Waals surface area (Å²) in [6.07, 6.45) is -1.18. The summed E-state index contributed by atoms with van der Waals surface area (Å²) in [5, 5.41) is 3.41. The second-order valence-electron chi connectivity index (χ2n) is 5.60. The number of methoxy groups -OCH3 is 1. The molecule has 0 saturated carbocycles. The van der Waals surface area contributed by atoms with Crippen molar-refractivity contribution in [1.29, 1.82) is 0 Å². The zero-order chi connectivity index (χ0) is 17.3. The normalized spacial score (nSPS) is 18.8. The van der Waals surface area contributed by atoms with E-state index in [1.807, 2.05) is 25.1 Å². The summed E-state index contributed by atoms with van der Waals surface area (Å²) >= 11 is 6.09. The van der Waals surface area contributed by atoms with Crippen LogP contribution in [-0.2, 0) is 4.79 Å². The Balaban J connectivity index is 1.82. The lowest BCUT2D eigenvalue weighted by Crippen LogP contribution is -2.46. The minimum Gasteiger partial charge on any atom is -0.495 e. The fourth-order valence-corrected chi connectivity index (χ4v) is 2.69. The van der Waals surface area contributed by atoms with Crippen LogP contribution in [0.25, 0.3) is 0 Å². The lowest BCUT2D eigenvalue weighted by Gasteiger charge is -2.31. The molecule has 126 valence electrons. The molecule has 5 nitrogen and oxygen atoms in total. The van der Waals surface area contributed by atoms with Gasteiger partial charge in [-0.2, -0.15) is 0 Å². The predicted octanol–water partition coefficient (Wildman–Crippen LogP) is 3.82. The van der Waals surface area contributed by atoms with Crippen LogP contribution in [0.4, 0.5) is 5.69 Å². The molecule has 1 aliphatic heterocycles. The molecule has 0 aliphatic carbocycles. The Morgan fingerprint density at radius 1 is 1.21 bits per heavy atom. The molecule has 0 spiro atoms. The van der Waals surface area contributed by atoms with Gasteiger partial charge in [0.25, 0.3) is 5.91 Å². The monoisotopic (exact) mass is 347 g/mol. The lowest BCUT2D eigenvalue weighted by molar-refractivity contribution is -0.128. The first-order valence-corrected chi connectivity index (χ1v) is 7.94. The van der Waals surface area contributed by atoms with Crippen molar-refractivity contribution in [1.82, 2.24) is 0 Å². The van der Waals surface area contributed by atoms with Gasteiger partial charge in [0.1, 0.15) is 11.9 Å². The Kier molecular flexibility index (Phi) is 4.53. The number of aryl methyl sites for hydroxylation is 1. The first-order valence-electron chi connectivity index (χ1n) is 7.57. The maximum absolute atomic E-state index is 12.6. The van der Waals surface area contributed by atoms with Crippen LogP contribution in [-0.4, -0.2) is 25.2 Å². The number of halogens is 1. The molecule has 1 aliphatic rings. The molecule has 2 aromatic rings. The van der Waals surface area contributed by atoms with E-state index in [1.54, 1.807) is 25.1 Å². The Morgan fingerprint density at radius 3 is 2.54 bits per heavy atom. The first-order chi connectivity index (χ1) is 11.5. The number of carbonyl (C=O) groups is 1. The fourth-order valence-electron chi connectivity index (χ4n) is 2.54. The summed E-state index contributed by atoms with van der Waals surface area (Å²) in [5.41, 5.74) is 1.38.